The molecule has 0 aliphatic heterocycles. The molecule has 0 radical (unpaired) electrons. The number of hydrogen-bond acceptors (Lipinski definition) is 0. The SMILES string of the molecule is CB(C)[C@@H]1C[C@H]2C=C[C@@H]1C2. The summed E-state index contributed by atoms with van der Waals surface area (Å²) in [6.07, 6.45) is 7.80. The first-order chi connectivity index (χ1) is 4.77. The minimum absolute atomic E-state index is 0.903. The Hall–Kier alpha value is -0.195. The van der Waals surface area contributed by atoms with Crippen molar-refractivity contribution in [3.8, 4) is 0 Å². The van der Waals surface area contributed by atoms with E-state index < -0.39 is 0 Å². The van der Waals surface area contributed by atoms with Gasteiger partial charge in [0, 0.05) is 0 Å². The van der Waals surface area contributed by atoms with E-state index in [9.17, 15) is 0 Å². The Morgan fingerprint density at radius 2 is 2.00 bits per heavy atom. The molecule has 1 fully saturated rings. The summed E-state index contributed by atoms with van der Waals surface area (Å²) in [5, 5.41) is 0. The van der Waals surface area contributed by atoms with E-state index in [4.69, 9.17) is 0 Å². The van der Waals surface area contributed by atoms with E-state index in [1.165, 1.54) is 12.8 Å². The molecular formula is C9H15B. The first-order valence-corrected chi connectivity index (χ1v) is 4.45. The summed E-state index contributed by atoms with van der Waals surface area (Å²) in [6.45, 7) is 5.62. The molecule has 0 N–H and O–H groups in total. The van der Waals surface area contributed by atoms with Crippen LogP contribution in [0.3, 0.4) is 0 Å². The van der Waals surface area contributed by atoms with Gasteiger partial charge in [-0.1, -0.05) is 38.0 Å². The number of hydrogen-bond donors (Lipinski definition) is 0. The first kappa shape index (κ1) is 6.51. The van der Waals surface area contributed by atoms with Crippen molar-refractivity contribution in [2.45, 2.75) is 32.3 Å². The zero-order valence-corrected chi connectivity index (χ0v) is 6.88. The van der Waals surface area contributed by atoms with Crippen LogP contribution in [0.2, 0.25) is 19.5 Å². The van der Waals surface area contributed by atoms with E-state index in [1.807, 2.05) is 0 Å². The molecule has 0 heterocycles. The molecule has 0 unspecified atom stereocenters. The van der Waals surface area contributed by atoms with Crippen LogP contribution < -0.4 is 0 Å². The van der Waals surface area contributed by atoms with Crippen molar-refractivity contribution >= 4 is 6.71 Å². The lowest BCUT2D eigenvalue weighted by Crippen LogP contribution is -2.15. The van der Waals surface area contributed by atoms with Gasteiger partial charge in [-0.25, -0.2) is 0 Å². The fourth-order valence-electron chi connectivity index (χ4n) is 2.59. The highest BCUT2D eigenvalue weighted by molar-refractivity contribution is 6.57. The summed E-state index contributed by atoms with van der Waals surface area (Å²) >= 11 is 0. The van der Waals surface area contributed by atoms with Crippen molar-refractivity contribution in [1.29, 1.82) is 0 Å². The third-order valence-corrected chi connectivity index (χ3v) is 3.19. The second-order valence-electron chi connectivity index (χ2n) is 4.19. The van der Waals surface area contributed by atoms with E-state index in [0.29, 0.717) is 0 Å². The Labute approximate surface area is 63.8 Å². The van der Waals surface area contributed by atoms with Gasteiger partial charge in [-0.3, -0.25) is 0 Å². The van der Waals surface area contributed by atoms with Gasteiger partial charge in [-0.05, 0) is 18.3 Å². The van der Waals surface area contributed by atoms with Crippen LogP contribution in [0.5, 0.6) is 0 Å². The Bertz CT molecular complexity index is 160. The molecule has 0 aromatic carbocycles. The molecular weight excluding hydrogens is 119 g/mol. The molecule has 2 aliphatic carbocycles. The van der Waals surface area contributed by atoms with Gasteiger partial charge in [0.25, 0.3) is 0 Å². The molecule has 0 aromatic rings. The zero-order valence-electron chi connectivity index (χ0n) is 6.88. The molecule has 54 valence electrons. The maximum atomic E-state index is 2.44. The van der Waals surface area contributed by atoms with Crippen LogP contribution in [0, 0.1) is 11.8 Å². The maximum Gasteiger partial charge on any atom is 0.137 e. The maximum absolute atomic E-state index is 2.44. The molecule has 2 bridgehead atoms. The highest BCUT2D eigenvalue weighted by Crippen LogP contribution is 2.48. The van der Waals surface area contributed by atoms with Crippen LogP contribution in [0.4, 0.5) is 0 Å². The molecule has 0 aromatic heterocycles. The zero-order chi connectivity index (χ0) is 7.14. The van der Waals surface area contributed by atoms with Gasteiger partial charge in [0.1, 0.15) is 6.71 Å². The van der Waals surface area contributed by atoms with Crippen LogP contribution >= 0.6 is 0 Å². The van der Waals surface area contributed by atoms with Gasteiger partial charge >= 0.3 is 0 Å². The lowest BCUT2D eigenvalue weighted by molar-refractivity contribution is 0.684. The topological polar surface area (TPSA) is 0 Å². The second-order valence-corrected chi connectivity index (χ2v) is 4.19. The third kappa shape index (κ3) is 0.835. The quantitative estimate of drug-likeness (QED) is 0.382. The number of rotatable bonds is 1. The predicted molar refractivity (Wildman–Crippen MR) is 46.6 cm³/mol. The van der Waals surface area contributed by atoms with Gasteiger partial charge in [0.05, 0.1) is 0 Å². The molecule has 2 aliphatic rings. The van der Waals surface area contributed by atoms with Crippen LogP contribution in [-0.4, -0.2) is 6.71 Å². The molecule has 0 spiro atoms. The Balaban J connectivity index is 2.09. The van der Waals surface area contributed by atoms with E-state index in [-0.39, 0.29) is 0 Å². The summed E-state index contributed by atoms with van der Waals surface area (Å²) in [4.78, 5) is 0. The van der Waals surface area contributed by atoms with E-state index >= 15 is 0 Å². The van der Waals surface area contributed by atoms with Crippen molar-refractivity contribution in [3.63, 3.8) is 0 Å². The summed E-state index contributed by atoms with van der Waals surface area (Å²) in [7, 11) is 0. The van der Waals surface area contributed by atoms with Crippen LogP contribution in [0.15, 0.2) is 12.2 Å². The molecule has 2 rings (SSSR count). The Morgan fingerprint density at radius 1 is 1.20 bits per heavy atom. The monoisotopic (exact) mass is 134 g/mol. The largest absolute Gasteiger partial charge is 0.137 e. The van der Waals surface area contributed by atoms with Crippen LogP contribution in [0.25, 0.3) is 0 Å². The lowest BCUT2D eigenvalue weighted by Gasteiger charge is -2.19. The fraction of sp³-hybridized carbons (Fsp3) is 0.778. The third-order valence-electron chi connectivity index (χ3n) is 3.19. The number of allylic oxidation sites excluding steroid dienone is 2. The standard InChI is InChI=1S/C9H15B/c1-10(2)9-6-7-3-4-8(9)5-7/h3-4,7-9H,5-6H2,1-2H3/t7-,8+,9+/m0/s1. The minimum atomic E-state index is 0.903. The molecule has 3 atom stereocenters. The van der Waals surface area contributed by atoms with Crippen molar-refractivity contribution < 1.29 is 0 Å². The average molecular weight is 134 g/mol. The molecule has 0 saturated heterocycles. The summed E-state index contributed by atoms with van der Waals surface area (Å²) in [6, 6.07) is 0. The summed E-state index contributed by atoms with van der Waals surface area (Å²) < 4.78 is 0. The average Bonchev–Trinajstić information content (AvgIpc) is 2.44. The first-order valence-electron chi connectivity index (χ1n) is 4.45. The molecule has 1 heteroatoms. The van der Waals surface area contributed by atoms with E-state index in [0.717, 1.165) is 24.4 Å². The highest BCUT2D eigenvalue weighted by Gasteiger charge is 2.37. The van der Waals surface area contributed by atoms with Gasteiger partial charge in [-0.2, -0.15) is 0 Å². The second kappa shape index (κ2) is 2.15. The Kier molecular flexibility index (Phi) is 1.40. The van der Waals surface area contributed by atoms with Crippen molar-refractivity contribution in [2.24, 2.45) is 11.8 Å². The van der Waals surface area contributed by atoms with Crippen molar-refractivity contribution in [1.82, 2.24) is 0 Å². The van der Waals surface area contributed by atoms with E-state index in [1.54, 1.807) is 0 Å². The summed E-state index contributed by atoms with van der Waals surface area (Å²) in [5.74, 6) is 2.91. The van der Waals surface area contributed by atoms with E-state index in [2.05, 4.69) is 25.8 Å². The van der Waals surface area contributed by atoms with Gasteiger partial charge < -0.3 is 0 Å². The van der Waals surface area contributed by atoms with Crippen molar-refractivity contribution in [2.75, 3.05) is 0 Å². The van der Waals surface area contributed by atoms with Crippen LogP contribution in [-0.2, 0) is 0 Å². The molecule has 0 amide bonds. The highest BCUT2D eigenvalue weighted by atomic mass is 14.4. The number of fused-ring (bicyclic) bond motifs is 2. The van der Waals surface area contributed by atoms with Gasteiger partial charge in [-0.15, -0.1) is 0 Å². The minimum Gasteiger partial charge on any atom is -0.0861 e. The molecule has 10 heavy (non-hydrogen) atoms. The fourth-order valence-corrected chi connectivity index (χ4v) is 2.59. The van der Waals surface area contributed by atoms with Gasteiger partial charge in [0.2, 0.25) is 0 Å². The molecule has 0 nitrogen and oxygen atoms in total. The predicted octanol–water partition coefficient (Wildman–Crippen LogP) is 2.71. The molecule has 1 saturated carbocycles. The van der Waals surface area contributed by atoms with Crippen molar-refractivity contribution in [3.05, 3.63) is 12.2 Å². The Morgan fingerprint density at radius 3 is 2.30 bits per heavy atom. The lowest BCUT2D eigenvalue weighted by atomic mass is 9.42. The van der Waals surface area contributed by atoms with Crippen LogP contribution in [0.1, 0.15) is 12.8 Å². The smallest absolute Gasteiger partial charge is 0.0861 e. The normalized spacial score (nSPS) is 42.8. The summed E-state index contributed by atoms with van der Waals surface area (Å²) in [5.41, 5.74) is 0. The van der Waals surface area contributed by atoms with Gasteiger partial charge in [0.15, 0.2) is 0 Å².